The summed E-state index contributed by atoms with van der Waals surface area (Å²) in [5.41, 5.74) is 1.99. The van der Waals surface area contributed by atoms with E-state index in [1.165, 1.54) is 23.3 Å². The lowest BCUT2D eigenvalue weighted by molar-refractivity contribution is -0.121. The molecule has 2 N–H and O–H groups in total. The first-order valence-electron chi connectivity index (χ1n) is 11.0. The molecule has 0 saturated heterocycles. The quantitative estimate of drug-likeness (QED) is 0.403. The number of amides is 3. The number of carbonyl (C=O) groups excluding carboxylic acids is 3. The Labute approximate surface area is 213 Å². The molecule has 3 amide bonds. The number of ether oxygens (including phenoxy) is 1. The Kier molecular flexibility index (Phi) is 9.77. The van der Waals surface area contributed by atoms with Crippen molar-refractivity contribution in [2.75, 3.05) is 32.1 Å². The Hall–Kier alpha value is -3.27. The van der Waals surface area contributed by atoms with Crippen molar-refractivity contribution in [3.05, 3.63) is 81.8 Å². The second-order valence-electron chi connectivity index (χ2n) is 7.80. The fourth-order valence-corrected chi connectivity index (χ4v) is 4.14. The standard InChI is InChI=1S/C25H27ClN4O4S/c1-17(18-6-4-3-5-7-18)27-22(31)14-21-16-35-25(28-21)29-23(32)15-30(12-13-34-2)24(33)19-8-10-20(26)11-9-19/h3-11,16-17H,12-15H2,1-2H3,(H,27,31)(H,28,29,32). The number of halogens is 1. The molecular formula is C25H27ClN4O4S. The summed E-state index contributed by atoms with van der Waals surface area (Å²) < 4.78 is 5.08. The van der Waals surface area contributed by atoms with Crippen LogP contribution in [0.3, 0.4) is 0 Å². The van der Waals surface area contributed by atoms with E-state index in [4.69, 9.17) is 16.3 Å². The van der Waals surface area contributed by atoms with Gasteiger partial charge in [-0.25, -0.2) is 4.98 Å². The molecule has 0 radical (unpaired) electrons. The zero-order chi connectivity index (χ0) is 25.2. The average molecular weight is 515 g/mol. The first-order chi connectivity index (χ1) is 16.9. The van der Waals surface area contributed by atoms with E-state index in [2.05, 4.69) is 15.6 Å². The van der Waals surface area contributed by atoms with E-state index in [1.54, 1.807) is 29.6 Å². The van der Waals surface area contributed by atoms with Crippen molar-refractivity contribution in [1.82, 2.24) is 15.2 Å². The van der Waals surface area contributed by atoms with Gasteiger partial charge in [0.15, 0.2) is 5.13 Å². The predicted molar refractivity (Wildman–Crippen MR) is 137 cm³/mol. The number of rotatable bonds is 11. The number of carbonyl (C=O) groups is 3. The normalized spacial score (nSPS) is 11.5. The van der Waals surface area contributed by atoms with Crippen LogP contribution in [0.1, 0.15) is 34.6 Å². The Bertz CT molecular complexity index is 1140. The minimum absolute atomic E-state index is 0.0958. The van der Waals surface area contributed by atoms with Gasteiger partial charge in [-0.1, -0.05) is 41.9 Å². The van der Waals surface area contributed by atoms with Crippen molar-refractivity contribution in [2.45, 2.75) is 19.4 Å². The summed E-state index contributed by atoms with van der Waals surface area (Å²) >= 11 is 7.12. The van der Waals surface area contributed by atoms with E-state index in [-0.39, 0.29) is 44.0 Å². The summed E-state index contributed by atoms with van der Waals surface area (Å²) in [5, 5.41) is 8.26. The number of benzene rings is 2. The van der Waals surface area contributed by atoms with Gasteiger partial charge in [-0.15, -0.1) is 11.3 Å². The third-order valence-corrected chi connectivity index (χ3v) is 6.15. The highest BCUT2D eigenvalue weighted by atomic mass is 35.5. The molecule has 0 saturated carbocycles. The van der Waals surface area contributed by atoms with Crippen LogP contribution in [0.2, 0.25) is 5.02 Å². The number of nitrogens with one attached hydrogen (secondary N) is 2. The number of hydrogen-bond donors (Lipinski definition) is 2. The van der Waals surface area contributed by atoms with Gasteiger partial charge in [-0.05, 0) is 36.8 Å². The molecule has 2 aromatic carbocycles. The van der Waals surface area contributed by atoms with Gasteiger partial charge in [0.1, 0.15) is 6.54 Å². The van der Waals surface area contributed by atoms with E-state index in [0.29, 0.717) is 21.4 Å². The number of methoxy groups -OCH3 is 1. The molecule has 1 heterocycles. The minimum Gasteiger partial charge on any atom is -0.383 e. The Morgan fingerprint density at radius 2 is 1.80 bits per heavy atom. The largest absolute Gasteiger partial charge is 0.383 e. The van der Waals surface area contributed by atoms with E-state index in [9.17, 15) is 14.4 Å². The first-order valence-corrected chi connectivity index (χ1v) is 12.2. The van der Waals surface area contributed by atoms with Gasteiger partial charge < -0.3 is 20.3 Å². The molecule has 3 rings (SSSR count). The highest BCUT2D eigenvalue weighted by Crippen LogP contribution is 2.17. The van der Waals surface area contributed by atoms with Crippen molar-refractivity contribution in [3.8, 4) is 0 Å². The van der Waals surface area contributed by atoms with Gasteiger partial charge in [-0.2, -0.15) is 0 Å². The molecule has 0 spiro atoms. The molecule has 0 aliphatic carbocycles. The van der Waals surface area contributed by atoms with Gasteiger partial charge in [0.05, 0.1) is 24.8 Å². The predicted octanol–water partition coefficient (Wildman–Crippen LogP) is 3.94. The molecule has 8 nitrogen and oxygen atoms in total. The fourth-order valence-electron chi connectivity index (χ4n) is 3.29. The van der Waals surface area contributed by atoms with Crippen LogP contribution >= 0.6 is 22.9 Å². The molecule has 0 aliphatic rings. The maximum atomic E-state index is 12.9. The maximum Gasteiger partial charge on any atom is 0.254 e. The lowest BCUT2D eigenvalue weighted by atomic mass is 10.1. The van der Waals surface area contributed by atoms with Crippen LogP contribution in [0.5, 0.6) is 0 Å². The number of thiazole rings is 1. The van der Waals surface area contributed by atoms with Gasteiger partial charge >= 0.3 is 0 Å². The molecule has 1 atom stereocenters. The third-order valence-electron chi connectivity index (χ3n) is 5.10. The molecule has 1 unspecified atom stereocenters. The Morgan fingerprint density at radius 1 is 1.09 bits per heavy atom. The second kappa shape index (κ2) is 13.0. The molecule has 184 valence electrons. The van der Waals surface area contributed by atoms with Crippen molar-refractivity contribution in [1.29, 1.82) is 0 Å². The molecule has 0 bridgehead atoms. The van der Waals surface area contributed by atoms with Crippen molar-refractivity contribution in [3.63, 3.8) is 0 Å². The lowest BCUT2D eigenvalue weighted by Gasteiger charge is -2.21. The van der Waals surface area contributed by atoms with Crippen molar-refractivity contribution < 1.29 is 19.1 Å². The van der Waals surface area contributed by atoms with Gasteiger partial charge in [0.2, 0.25) is 11.8 Å². The Morgan fingerprint density at radius 3 is 2.49 bits per heavy atom. The summed E-state index contributed by atoms with van der Waals surface area (Å²) in [6.45, 7) is 2.27. The highest BCUT2D eigenvalue weighted by Gasteiger charge is 2.20. The molecule has 1 aromatic heterocycles. The summed E-state index contributed by atoms with van der Waals surface area (Å²) in [5.74, 6) is -0.867. The average Bonchev–Trinajstić information content (AvgIpc) is 3.28. The van der Waals surface area contributed by atoms with Crippen LogP contribution < -0.4 is 10.6 Å². The zero-order valence-corrected chi connectivity index (χ0v) is 21.1. The SMILES string of the molecule is COCCN(CC(=O)Nc1nc(CC(=O)NC(C)c2ccccc2)cs1)C(=O)c1ccc(Cl)cc1. The first kappa shape index (κ1) is 26.3. The molecule has 35 heavy (non-hydrogen) atoms. The topological polar surface area (TPSA) is 101 Å². The van der Waals surface area contributed by atoms with Crippen molar-refractivity contribution >= 4 is 45.8 Å². The van der Waals surface area contributed by atoms with Crippen LogP contribution in [0, 0.1) is 0 Å². The Balaban J connectivity index is 1.55. The number of aromatic nitrogens is 1. The molecular weight excluding hydrogens is 488 g/mol. The fraction of sp³-hybridized carbons (Fsp3) is 0.280. The summed E-state index contributed by atoms with van der Waals surface area (Å²) in [6.07, 6.45) is 0.0958. The summed E-state index contributed by atoms with van der Waals surface area (Å²) in [7, 11) is 1.53. The summed E-state index contributed by atoms with van der Waals surface area (Å²) in [6, 6.07) is 16.0. The molecule has 0 fully saturated rings. The van der Waals surface area contributed by atoms with Gasteiger partial charge in [0.25, 0.3) is 5.91 Å². The maximum absolute atomic E-state index is 12.9. The second-order valence-corrected chi connectivity index (χ2v) is 9.09. The lowest BCUT2D eigenvalue weighted by Crippen LogP contribution is -2.40. The van der Waals surface area contributed by atoms with E-state index < -0.39 is 5.91 Å². The number of anilines is 1. The number of hydrogen-bond acceptors (Lipinski definition) is 6. The van der Waals surface area contributed by atoms with Gasteiger partial charge in [-0.3, -0.25) is 14.4 Å². The van der Waals surface area contributed by atoms with Crippen molar-refractivity contribution in [2.24, 2.45) is 0 Å². The van der Waals surface area contributed by atoms with Crippen LogP contribution in [-0.2, 0) is 20.7 Å². The number of nitrogens with zero attached hydrogens (tertiary/aromatic N) is 2. The van der Waals surface area contributed by atoms with Crippen LogP contribution in [0.4, 0.5) is 5.13 Å². The van der Waals surface area contributed by atoms with E-state index in [0.717, 1.165) is 5.56 Å². The minimum atomic E-state index is -0.397. The van der Waals surface area contributed by atoms with Gasteiger partial charge in [0, 0.05) is 29.6 Å². The van der Waals surface area contributed by atoms with Crippen LogP contribution in [-0.4, -0.2) is 54.4 Å². The van der Waals surface area contributed by atoms with E-state index >= 15 is 0 Å². The monoisotopic (exact) mass is 514 g/mol. The molecule has 0 aliphatic heterocycles. The molecule has 3 aromatic rings. The van der Waals surface area contributed by atoms with E-state index in [1.807, 2.05) is 37.3 Å². The van der Waals surface area contributed by atoms with Crippen LogP contribution in [0.25, 0.3) is 0 Å². The third kappa shape index (κ3) is 8.17. The zero-order valence-electron chi connectivity index (χ0n) is 19.5. The van der Waals surface area contributed by atoms with Crippen LogP contribution in [0.15, 0.2) is 60.0 Å². The molecule has 10 heteroatoms. The smallest absolute Gasteiger partial charge is 0.254 e. The highest BCUT2D eigenvalue weighted by molar-refractivity contribution is 7.13. The summed E-state index contributed by atoms with van der Waals surface area (Å²) in [4.78, 5) is 43.6.